The number of aryl methyl sites for hydroxylation is 1. The van der Waals surface area contributed by atoms with Crippen molar-refractivity contribution in [2.45, 2.75) is 25.0 Å². The van der Waals surface area contributed by atoms with Crippen LogP contribution in [0.15, 0.2) is 29.2 Å². The summed E-state index contributed by atoms with van der Waals surface area (Å²) >= 11 is 13.3. The lowest BCUT2D eigenvalue weighted by molar-refractivity contribution is 0.281. The van der Waals surface area contributed by atoms with Gasteiger partial charge in [-0.05, 0) is 36.8 Å². The Balaban J connectivity index is 2.27. The van der Waals surface area contributed by atoms with Crippen LogP contribution in [0.25, 0.3) is 0 Å². The molecule has 0 saturated carbocycles. The van der Waals surface area contributed by atoms with Gasteiger partial charge in [0.15, 0.2) is 0 Å². The molecule has 0 aliphatic heterocycles. The van der Waals surface area contributed by atoms with Crippen LogP contribution in [0, 0.1) is 6.92 Å². The fraction of sp³-hybridized carbons (Fsp3) is 0.231. The van der Waals surface area contributed by atoms with Crippen LogP contribution in [-0.4, -0.2) is 13.5 Å². The highest BCUT2D eigenvalue weighted by Crippen LogP contribution is 2.29. The normalized spacial score (nSPS) is 11.8. The first-order valence-electron chi connectivity index (χ1n) is 5.97. The van der Waals surface area contributed by atoms with E-state index in [2.05, 4.69) is 4.72 Å². The Morgan fingerprint density at radius 1 is 1.24 bits per heavy atom. The van der Waals surface area contributed by atoms with E-state index in [1.54, 1.807) is 0 Å². The maximum Gasteiger partial charge on any atom is 0.242 e. The predicted molar refractivity (Wildman–Crippen MR) is 85.5 cm³/mol. The van der Waals surface area contributed by atoms with Gasteiger partial charge in [0, 0.05) is 21.3 Å². The molecule has 1 aromatic heterocycles. The minimum atomic E-state index is -3.77. The number of hydrogen-bond donors (Lipinski definition) is 2. The van der Waals surface area contributed by atoms with Crippen molar-refractivity contribution in [2.24, 2.45) is 0 Å². The van der Waals surface area contributed by atoms with Gasteiger partial charge in [-0.25, -0.2) is 13.1 Å². The molecule has 0 spiro atoms. The molecule has 2 rings (SSSR count). The third-order valence-corrected chi connectivity index (χ3v) is 6.01. The molecule has 0 amide bonds. The van der Waals surface area contributed by atoms with Gasteiger partial charge in [0.05, 0.1) is 11.6 Å². The van der Waals surface area contributed by atoms with Gasteiger partial charge in [-0.15, -0.1) is 11.3 Å². The molecule has 1 aromatic carbocycles. The maximum absolute atomic E-state index is 12.3. The molecular weight excluding hydrogens is 353 g/mol. The molecule has 0 fully saturated rings. The summed E-state index contributed by atoms with van der Waals surface area (Å²) in [5.41, 5.74) is 0.313. The SMILES string of the molecule is Cc1ccc(CNS(=O)(=O)c2cc(CO)c(Cl)cc2Cl)s1. The molecule has 1 heterocycles. The summed E-state index contributed by atoms with van der Waals surface area (Å²) in [4.78, 5) is 1.92. The Labute approximate surface area is 137 Å². The van der Waals surface area contributed by atoms with Crippen LogP contribution in [0.4, 0.5) is 0 Å². The first-order valence-corrected chi connectivity index (χ1v) is 9.03. The van der Waals surface area contributed by atoms with Crippen LogP contribution >= 0.6 is 34.5 Å². The third-order valence-electron chi connectivity index (χ3n) is 2.79. The van der Waals surface area contributed by atoms with Crippen molar-refractivity contribution in [1.29, 1.82) is 0 Å². The molecule has 4 nitrogen and oxygen atoms in total. The Kier molecular flexibility index (Phi) is 5.29. The highest BCUT2D eigenvalue weighted by molar-refractivity contribution is 7.89. The van der Waals surface area contributed by atoms with Crippen LogP contribution in [0.2, 0.25) is 10.0 Å². The Morgan fingerprint density at radius 2 is 1.95 bits per heavy atom. The number of hydrogen-bond acceptors (Lipinski definition) is 4. The zero-order valence-corrected chi connectivity index (χ0v) is 14.2. The van der Waals surface area contributed by atoms with Crippen molar-refractivity contribution in [1.82, 2.24) is 4.72 Å². The average molecular weight is 366 g/mol. The van der Waals surface area contributed by atoms with E-state index in [4.69, 9.17) is 28.3 Å². The lowest BCUT2D eigenvalue weighted by Crippen LogP contribution is -2.23. The number of nitrogens with one attached hydrogen (secondary N) is 1. The van der Waals surface area contributed by atoms with Gasteiger partial charge < -0.3 is 5.11 Å². The van der Waals surface area contributed by atoms with Gasteiger partial charge in [-0.2, -0.15) is 0 Å². The second kappa shape index (κ2) is 6.64. The highest BCUT2D eigenvalue weighted by atomic mass is 35.5. The monoisotopic (exact) mass is 365 g/mol. The van der Waals surface area contributed by atoms with Gasteiger partial charge in [-0.1, -0.05) is 23.2 Å². The van der Waals surface area contributed by atoms with Crippen LogP contribution in [0.5, 0.6) is 0 Å². The predicted octanol–water partition coefficient (Wildman–Crippen LogP) is 3.33. The number of benzene rings is 1. The first kappa shape index (κ1) is 16.7. The molecule has 2 aromatic rings. The highest BCUT2D eigenvalue weighted by Gasteiger charge is 2.20. The van der Waals surface area contributed by atoms with Gasteiger partial charge in [0.2, 0.25) is 10.0 Å². The Hall–Kier alpha value is -0.630. The molecule has 0 radical (unpaired) electrons. The van der Waals surface area contributed by atoms with Gasteiger partial charge >= 0.3 is 0 Å². The Bertz CT molecular complexity index is 757. The van der Waals surface area contributed by atoms with Crippen LogP contribution in [0.1, 0.15) is 15.3 Å². The van der Waals surface area contributed by atoms with Crippen molar-refractivity contribution in [3.63, 3.8) is 0 Å². The number of rotatable bonds is 5. The van der Waals surface area contributed by atoms with Crippen molar-refractivity contribution in [3.8, 4) is 0 Å². The molecule has 0 saturated heterocycles. The molecule has 114 valence electrons. The van der Waals surface area contributed by atoms with Crippen molar-refractivity contribution >= 4 is 44.6 Å². The number of thiophene rings is 1. The summed E-state index contributed by atoms with van der Waals surface area (Å²) in [6.07, 6.45) is 0. The smallest absolute Gasteiger partial charge is 0.242 e. The number of aliphatic hydroxyl groups excluding tert-OH is 1. The molecule has 0 unspecified atom stereocenters. The van der Waals surface area contributed by atoms with E-state index in [1.807, 2.05) is 19.1 Å². The summed E-state index contributed by atoms with van der Waals surface area (Å²) in [5.74, 6) is 0. The minimum Gasteiger partial charge on any atom is -0.392 e. The topological polar surface area (TPSA) is 66.4 Å². The van der Waals surface area contributed by atoms with Crippen LogP contribution < -0.4 is 4.72 Å². The van der Waals surface area contributed by atoms with Gasteiger partial charge in [-0.3, -0.25) is 0 Å². The lowest BCUT2D eigenvalue weighted by atomic mass is 10.2. The van der Waals surface area contributed by atoms with Gasteiger partial charge in [0.1, 0.15) is 4.90 Å². The summed E-state index contributed by atoms with van der Waals surface area (Å²) in [6.45, 7) is 1.78. The molecule has 0 bridgehead atoms. The zero-order valence-electron chi connectivity index (χ0n) is 11.1. The summed E-state index contributed by atoms with van der Waals surface area (Å²) in [6, 6.07) is 6.39. The third kappa shape index (κ3) is 3.97. The lowest BCUT2D eigenvalue weighted by Gasteiger charge is -2.10. The molecule has 0 aliphatic carbocycles. The van der Waals surface area contributed by atoms with E-state index in [1.165, 1.54) is 23.5 Å². The fourth-order valence-corrected chi connectivity index (χ4v) is 4.51. The number of aliphatic hydroxyl groups is 1. The standard InChI is InChI=1S/C13H13Cl2NO3S2/c1-8-2-3-10(20-8)6-16-21(18,19)13-4-9(7-17)11(14)5-12(13)15/h2-5,16-17H,6-7H2,1H3. The largest absolute Gasteiger partial charge is 0.392 e. The van der Waals surface area contributed by atoms with E-state index in [0.29, 0.717) is 5.56 Å². The molecule has 0 aliphatic rings. The minimum absolute atomic E-state index is 0.0204. The summed E-state index contributed by atoms with van der Waals surface area (Å²) in [7, 11) is -3.77. The van der Waals surface area contributed by atoms with Crippen molar-refractivity contribution < 1.29 is 13.5 Å². The molecule has 0 atom stereocenters. The molecular formula is C13H13Cl2NO3S2. The average Bonchev–Trinajstić information content (AvgIpc) is 2.82. The van der Waals surface area contributed by atoms with Crippen LogP contribution in [0.3, 0.4) is 0 Å². The Morgan fingerprint density at radius 3 is 2.52 bits per heavy atom. The van der Waals surface area contributed by atoms with E-state index < -0.39 is 10.0 Å². The van der Waals surface area contributed by atoms with E-state index >= 15 is 0 Å². The van der Waals surface area contributed by atoms with Crippen molar-refractivity contribution in [3.05, 3.63) is 49.6 Å². The quantitative estimate of drug-likeness (QED) is 0.853. The summed E-state index contributed by atoms with van der Waals surface area (Å²) in [5, 5.41) is 9.42. The van der Waals surface area contributed by atoms with E-state index in [9.17, 15) is 8.42 Å². The van der Waals surface area contributed by atoms with Crippen LogP contribution in [-0.2, 0) is 23.2 Å². The molecule has 8 heteroatoms. The van der Waals surface area contributed by atoms with Crippen molar-refractivity contribution in [2.75, 3.05) is 0 Å². The number of sulfonamides is 1. The summed E-state index contributed by atoms with van der Waals surface area (Å²) < 4.78 is 27.1. The van der Waals surface area contributed by atoms with E-state index in [0.717, 1.165) is 9.75 Å². The molecule has 21 heavy (non-hydrogen) atoms. The first-order chi connectivity index (χ1) is 9.83. The zero-order chi connectivity index (χ0) is 15.6. The maximum atomic E-state index is 12.3. The van der Waals surface area contributed by atoms with Gasteiger partial charge in [0.25, 0.3) is 0 Å². The second-order valence-corrected chi connectivity index (χ2v) is 8.29. The van der Waals surface area contributed by atoms with E-state index in [-0.39, 0.29) is 28.1 Å². The fourth-order valence-electron chi connectivity index (χ4n) is 1.72. The molecule has 2 N–H and O–H groups in total. The second-order valence-electron chi connectivity index (χ2n) is 4.37. The number of halogens is 2.